The van der Waals surface area contributed by atoms with Crippen molar-refractivity contribution < 1.29 is 26.3 Å². The summed E-state index contributed by atoms with van der Waals surface area (Å²) in [5, 5.41) is 9.17. The third-order valence-electron chi connectivity index (χ3n) is 7.80. The highest BCUT2D eigenvalue weighted by atomic mass is 35.5. The fourth-order valence-electron chi connectivity index (χ4n) is 5.61. The second-order valence-corrected chi connectivity index (χ2v) is 10.5. The van der Waals surface area contributed by atoms with Gasteiger partial charge in [-0.15, -0.1) is 10.2 Å². The summed E-state index contributed by atoms with van der Waals surface area (Å²) in [5.74, 6) is 1.25. The van der Waals surface area contributed by atoms with Gasteiger partial charge >= 0.3 is 12.4 Å². The number of halogens is 7. The number of alkyl halides is 6. The number of piperidine rings is 1. The molecule has 0 bridgehead atoms. The van der Waals surface area contributed by atoms with E-state index in [0.717, 1.165) is 6.07 Å². The maximum Gasteiger partial charge on any atom is 0.433 e. The van der Waals surface area contributed by atoms with E-state index in [1.54, 1.807) is 29.2 Å². The molecule has 6 nitrogen and oxygen atoms in total. The topological polar surface area (TPSA) is 50.1 Å². The summed E-state index contributed by atoms with van der Waals surface area (Å²) in [7, 11) is 0. The first-order valence-electron chi connectivity index (χ1n) is 12.3. The van der Waals surface area contributed by atoms with Crippen LogP contribution in [-0.4, -0.2) is 49.5 Å². The Balaban J connectivity index is 1.29. The molecule has 2 fully saturated rings. The van der Waals surface area contributed by atoms with Gasteiger partial charge in [-0.25, -0.2) is 4.98 Å². The molecule has 1 aliphatic carbocycles. The van der Waals surface area contributed by atoms with Crippen LogP contribution < -0.4 is 4.90 Å². The standard InChI is InChI=1S/C25H23ClF6N6/c26-17-4-5-18-16(12-17)13-37(23(8-9-23)25(30,31)32)14-21-34-35-22(38(18)21)15-6-10-36(11-7-15)20-3-1-2-19(33-20)24(27,28)29/h1-5,12,15H,6-11,13-14H2. The van der Waals surface area contributed by atoms with E-state index in [-0.39, 0.29) is 37.7 Å². The Kier molecular flexibility index (Phi) is 5.91. The largest absolute Gasteiger partial charge is 0.433 e. The molecule has 0 unspecified atom stereocenters. The number of aromatic nitrogens is 4. The van der Waals surface area contributed by atoms with Gasteiger partial charge in [0.25, 0.3) is 0 Å². The van der Waals surface area contributed by atoms with Gasteiger partial charge in [0, 0.05) is 30.6 Å². The lowest BCUT2D eigenvalue weighted by atomic mass is 9.95. The molecule has 13 heteroatoms. The van der Waals surface area contributed by atoms with Crippen molar-refractivity contribution in [3.63, 3.8) is 0 Å². The molecule has 0 N–H and O–H groups in total. The molecular formula is C25H23ClF6N6. The van der Waals surface area contributed by atoms with Gasteiger partial charge in [0.1, 0.15) is 22.9 Å². The first-order chi connectivity index (χ1) is 18.0. The average molecular weight is 557 g/mol. The summed E-state index contributed by atoms with van der Waals surface area (Å²) in [6.45, 7) is 0.986. The van der Waals surface area contributed by atoms with E-state index < -0.39 is 23.6 Å². The number of pyridine rings is 1. The van der Waals surface area contributed by atoms with Crippen molar-refractivity contribution in [3.05, 3.63) is 64.3 Å². The van der Waals surface area contributed by atoms with Crippen LogP contribution >= 0.6 is 11.6 Å². The van der Waals surface area contributed by atoms with Crippen LogP contribution in [0.3, 0.4) is 0 Å². The molecular weight excluding hydrogens is 534 g/mol. The molecule has 0 amide bonds. The van der Waals surface area contributed by atoms with Crippen LogP contribution in [-0.2, 0) is 19.3 Å². The van der Waals surface area contributed by atoms with Gasteiger partial charge in [-0.05, 0) is 61.6 Å². The highest BCUT2D eigenvalue weighted by Gasteiger charge is 2.66. The molecule has 2 aliphatic heterocycles. The molecule has 2 aromatic heterocycles. The number of hydrogen-bond acceptors (Lipinski definition) is 5. The van der Waals surface area contributed by atoms with Gasteiger partial charge in [-0.2, -0.15) is 26.3 Å². The van der Waals surface area contributed by atoms with Gasteiger partial charge < -0.3 is 4.90 Å². The molecule has 3 aliphatic rings. The lowest BCUT2D eigenvalue weighted by Crippen LogP contribution is -2.47. The van der Waals surface area contributed by atoms with E-state index in [1.165, 1.54) is 11.0 Å². The smallest absolute Gasteiger partial charge is 0.357 e. The van der Waals surface area contributed by atoms with Crippen LogP contribution in [0.15, 0.2) is 36.4 Å². The lowest BCUT2D eigenvalue weighted by Gasteiger charge is -2.32. The summed E-state index contributed by atoms with van der Waals surface area (Å²) in [5.41, 5.74) is -1.45. The van der Waals surface area contributed by atoms with Gasteiger partial charge in [-0.3, -0.25) is 9.47 Å². The fraction of sp³-hybridized carbons (Fsp3) is 0.480. The highest BCUT2D eigenvalue weighted by Crippen LogP contribution is 2.55. The first kappa shape index (κ1) is 25.4. The van der Waals surface area contributed by atoms with E-state index >= 15 is 0 Å². The zero-order valence-electron chi connectivity index (χ0n) is 20.0. The average Bonchev–Trinajstić information content (AvgIpc) is 3.62. The molecule has 6 rings (SSSR count). The maximum atomic E-state index is 14.0. The minimum absolute atomic E-state index is 0.00813. The van der Waals surface area contributed by atoms with E-state index in [2.05, 4.69) is 15.2 Å². The summed E-state index contributed by atoms with van der Waals surface area (Å²) in [4.78, 5) is 7.03. The summed E-state index contributed by atoms with van der Waals surface area (Å²) >= 11 is 6.24. The number of nitrogens with zero attached hydrogens (tertiary/aromatic N) is 6. The van der Waals surface area contributed by atoms with Gasteiger partial charge in [0.15, 0.2) is 5.82 Å². The van der Waals surface area contributed by atoms with Crippen LogP contribution in [0, 0.1) is 0 Å². The van der Waals surface area contributed by atoms with E-state index in [4.69, 9.17) is 11.6 Å². The molecule has 4 heterocycles. The molecule has 0 atom stereocenters. The molecule has 38 heavy (non-hydrogen) atoms. The third-order valence-corrected chi connectivity index (χ3v) is 8.03. The Hall–Kier alpha value is -2.86. The van der Waals surface area contributed by atoms with Crippen molar-refractivity contribution in [3.8, 4) is 5.69 Å². The van der Waals surface area contributed by atoms with Crippen molar-refractivity contribution in [1.82, 2.24) is 24.6 Å². The van der Waals surface area contributed by atoms with Crippen molar-refractivity contribution in [2.24, 2.45) is 0 Å². The zero-order chi connectivity index (χ0) is 26.9. The monoisotopic (exact) mass is 556 g/mol. The number of anilines is 1. The Labute approximate surface area is 219 Å². The van der Waals surface area contributed by atoms with E-state index in [1.807, 2.05) is 4.57 Å². The highest BCUT2D eigenvalue weighted by molar-refractivity contribution is 6.30. The SMILES string of the molecule is FC(F)(F)c1cccc(N2CCC(c3nnc4n3-c3ccc(Cl)cc3CN(C3(C(F)(F)F)CC3)C4)CC2)n1. The summed E-state index contributed by atoms with van der Waals surface area (Å²) in [6, 6.07) is 9.02. The number of rotatable bonds is 3. The van der Waals surface area contributed by atoms with Crippen LogP contribution in [0.4, 0.5) is 32.2 Å². The number of hydrogen-bond donors (Lipinski definition) is 0. The molecule has 3 aromatic rings. The Morgan fingerprint density at radius 2 is 1.66 bits per heavy atom. The second-order valence-electron chi connectivity index (χ2n) is 10.1. The quantitative estimate of drug-likeness (QED) is 0.363. The van der Waals surface area contributed by atoms with Crippen LogP contribution in [0.5, 0.6) is 0 Å². The Morgan fingerprint density at radius 3 is 2.32 bits per heavy atom. The van der Waals surface area contributed by atoms with E-state index in [0.29, 0.717) is 53.9 Å². The molecule has 0 spiro atoms. The predicted octanol–water partition coefficient (Wildman–Crippen LogP) is 6.13. The van der Waals surface area contributed by atoms with Crippen molar-refractivity contribution >= 4 is 17.4 Å². The van der Waals surface area contributed by atoms with Crippen molar-refractivity contribution in [1.29, 1.82) is 0 Å². The lowest BCUT2D eigenvalue weighted by molar-refractivity contribution is -0.200. The molecule has 1 saturated heterocycles. The number of fused-ring (bicyclic) bond motifs is 3. The van der Waals surface area contributed by atoms with Gasteiger partial charge in [-0.1, -0.05) is 17.7 Å². The van der Waals surface area contributed by atoms with Crippen LogP contribution in [0.25, 0.3) is 5.69 Å². The molecule has 1 saturated carbocycles. The minimum Gasteiger partial charge on any atom is -0.357 e. The molecule has 0 radical (unpaired) electrons. The first-order valence-corrected chi connectivity index (χ1v) is 12.7. The van der Waals surface area contributed by atoms with Crippen molar-refractivity contribution in [2.45, 2.75) is 62.6 Å². The molecule has 1 aromatic carbocycles. The van der Waals surface area contributed by atoms with Crippen molar-refractivity contribution in [2.75, 3.05) is 18.0 Å². The van der Waals surface area contributed by atoms with Crippen LogP contribution in [0.1, 0.15) is 54.5 Å². The fourth-order valence-corrected chi connectivity index (χ4v) is 5.81. The Bertz CT molecular complexity index is 1360. The Morgan fingerprint density at radius 1 is 0.921 bits per heavy atom. The minimum atomic E-state index is -4.53. The zero-order valence-corrected chi connectivity index (χ0v) is 20.8. The molecule has 202 valence electrons. The van der Waals surface area contributed by atoms with E-state index in [9.17, 15) is 26.3 Å². The van der Waals surface area contributed by atoms with Gasteiger partial charge in [0.05, 0.1) is 12.2 Å². The summed E-state index contributed by atoms with van der Waals surface area (Å²) < 4.78 is 83.3. The normalized spacial score (nSPS) is 20.1. The van der Waals surface area contributed by atoms with Gasteiger partial charge in [0.2, 0.25) is 0 Å². The summed E-state index contributed by atoms with van der Waals surface area (Å²) in [6.07, 6.45) is -7.66. The third kappa shape index (κ3) is 4.31. The number of benzene rings is 1. The predicted molar refractivity (Wildman–Crippen MR) is 127 cm³/mol. The second kappa shape index (κ2) is 8.84. The maximum absolute atomic E-state index is 14.0. The van der Waals surface area contributed by atoms with Crippen LogP contribution in [0.2, 0.25) is 5.02 Å².